The Morgan fingerprint density at radius 1 is 1.30 bits per heavy atom. The van der Waals surface area contributed by atoms with E-state index in [1.165, 1.54) is 19.4 Å². The molecule has 0 radical (unpaired) electrons. The van der Waals surface area contributed by atoms with Gasteiger partial charge in [-0.2, -0.15) is 0 Å². The molecule has 10 heavy (non-hydrogen) atoms. The van der Waals surface area contributed by atoms with Crippen molar-refractivity contribution in [2.75, 3.05) is 6.54 Å². The van der Waals surface area contributed by atoms with Crippen LogP contribution in [0.15, 0.2) is 0 Å². The first kappa shape index (κ1) is 8.06. The van der Waals surface area contributed by atoms with Gasteiger partial charge in [-0.1, -0.05) is 20.8 Å². The van der Waals surface area contributed by atoms with E-state index in [-0.39, 0.29) is 0 Å². The van der Waals surface area contributed by atoms with Gasteiger partial charge in [-0.3, -0.25) is 0 Å². The molecule has 1 fully saturated rings. The van der Waals surface area contributed by atoms with E-state index in [1.54, 1.807) is 0 Å². The smallest absolute Gasteiger partial charge is 0.0202 e. The van der Waals surface area contributed by atoms with Crippen LogP contribution in [0.25, 0.3) is 0 Å². The molecular formula is C9H19N. The Balaban J connectivity index is 2.67. The first-order chi connectivity index (χ1) is 4.46. The molecule has 0 saturated carbocycles. The standard InChI is InChI=1S/C9H19N/c1-8(2,3)9(4)6-5-7-10-9/h10H,5-7H2,1-4H3/t9-/m0/s1. The zero-order valence-corrected chi connectivity index (χ0v) is 7.62. The topological polar surface area (TPSA) is 12.0 Å². The van der Waals surface area contributed by atoms with Gasteiger partial charge in [-0.25, -0.2) is 0 Å². The van der Waals surface area contributed by atoms with Gasteiger partial charge in [0.2, 0.25) is 0 Å². The first-order valence-electron chi connectivity index (χ1n) is 4.21. The fourth-order valence-electron chi connectivity index (χ4n) is 1.53. The summed E-state index contributed by atoms with van der Waals surface area (Å²) in [5.74, 6) is 0. The third kappa shape index (κ3) is 1.20. The SMILES string of the molecule is CC(C)(C)[C@]1(C)CCCN1. The highest BCUT2D eigenvalue weighted by Crippen LogP contribution is 2.36. The third-order valence-corrected chi connectivity index (χ3v) is 3.02. The molecule has 1 rings (SSSR count). The minimum atomic E-state index is 0.382. The molecule has 0 aromatic rings. The lowest BCUT2D eigenvalue weighted by atomic mass is 9.74. The second kappa shape index (κ2) is 2.23. The molecule has 1 atom stereocenters. The molecule has 1 saturated heterocycles. The van der Waals surface area contributed by atoms with Crippen LogP contribution in [-0.2, 0) is 0 Å². The summed E-state index contributed by atoms with van der Waals surface area (Å²) in [4.78, 5) is 0. The fraction of sp³-hybridized carbons (Fsp3) is 1.00. The summed E-state index contributed by atoms with van der Waals surface area (Å²) in [5.41, 5.74) is 0.788. The van der Waals surface area contributed by atoms with Gasteiger partial charge in [-0.05, 0) is 31.7 Å². The lowest BCUT2D eigenvalue weighted by molar-refractivity contribution is 0.182. The minimum absolute atomic E-state index is 0.382. The van der Waals surface area contributed by atoms with Crippen molar-refractivity contribution in [3.05, 3.63) is 0 Å². The van der Waals surface area contributed by atoms with Crippen LogP contribution >= 0.6 is 0 Å². The van der Waals surface area contributed by atoms with Crippen LogP contribution in [0.3, 0.4) is 0 Å². The molecule has 1 aliphatic rings. The average Bonchev–Trinajstić information content (AvgIpc) is 2.13. The zero-order chi connectivity index (χ0) is 7.83. The Kier molecular flexibility index (Phi) is 1.80. The van der Waals surface area contributed by atoms with E-state index in [0.717, 1.165) is 0 Å². The zero-order valence-electron chi connectivity index (χ0n) is 7.62. The maximum absolute atomic E-state index is 3.57. The van der Waals surface area contributed by atoms with Crippen LogP contribution in [0, 0.1) is 5.41 Å². The van der Waals surface area contributed by atoms with Gasteiger partial charge in [0.1, 0.15) is 0 Å². The van der Waals surface area contributed by atoms with E-state index in [4.69, 9.17) is 0 Å². The molecule has 1 heterocycles. The summed E-state index contributed by atoms with van der Waals surface area (Å²) in [6, 6.07) is 0. The second-order valence-electron chi connectivity index (χ2n) is 4.61. The summed E-state index contributed by atoms with van der Waals surface area (Å²) < 4.78 is 0. The van der Waals surface area contributed by atoms with Crippen LogP contribution in [0.4, 0.5) is 0 Å². The van der Waals surface area contributed by atoms with Gasteiger partial charge < -0.3 is 5.32 Å². The van der Waals surface area contributed by atoms with E-state index in [1.807, 2.05) is 0 Å². The predicted octanol–water partition coefficient (Wildman–Crippen LogP) is 2.17. The van der Waals surface area contributed by atoms with Crippen molar-refractivity contribution >= 4 is 0 Å². The van der Waals surface area contributed by atoms with Crippen molar-refractivity contribution in [3.8, 4) is 0 Å². The van der Waals surface area contributed by atoms with Crippen LogP contribution < -0.4 is 5.32 Å². The van der Waals surface area contributed by atoms with Crippen molar-refractivity contribution < 1.29 is 0 Å². The number of nitrogens with one attached hydrogen (secondary N) is 1. The molecule has 0 aromatic carbocycles. The van der Waals surface area contributed by atoms with Crippen LogP contribution in [0.5, 0.6) is 0 Å². The van der Waals surface area contributed by atoms with E-state index in [9.17, 15) is 0 Å². The van der Waals surface area contributed by atoms with E-state index >= 15 is 0 Å². The Bertz CT molecular complexity index is 115. The fourth-order valence-corrected chi connectivity index (χ4v) is 1.53. The number of hydrogen-bond donors (Lipinski definition) is 1. The maximum atomic E-state index is 3.57. The van der Waals surface area contributed by atoms with E-state index in [2.05, 4.69) is 33.0 Å². The molecule has 0 aliphatic carbocycles. The molecule has 0 amide bonds. The van der Waals surface area contributed by atoms with Gasteiger partial charge in [0, 0.05) is 5.54 Å². The summed E-state index contributed by atoms with van der Waals surface area (Å²) >= 11 is 0. The molecule has 1 N–H and O–H groups in total. The Morgan fingerprint density at radius 2 is 1.90 bits per heavy atom. The second-order valence-corrected chi connectivity index (χ2v) is 4.61. The molecule has 60 valence electrons. The lowest BCUT2D eigenvalue weighted by Gasteiger charge is -2.38. The van der Waals surface area contributed by atoms with Crippen molar-refractivity contribution in [2.45, 2.75) is 46.1 Å². The first-order valence-corrected chi connectivity index (χ1v) is 4.21. The molecule has 1 nitrogen and oxygen atoms in total. The van der Waals surface area contributed by atoms with Gasteiger partial charge in [0.15, 0.2) is 0 Å². The number of hydrogen-bond acceptors (Lipinski definition) is 1. The Labute approximate surface area is 64.2 Å². The molecule has 0 bridgehead atoms. The summed E-state index contributed by atoms with van der Waals surface area (Å²) in [6.45, 7) is 10.5. The van der Waals surface area contributed by atoms with Gasteiger partial charge in [0.05, 0.1) is 0 Å². The predicted molar refractivity (Wildman–Crippen MR) is 45.1 cm³/mol. The van der Waals surface area contributed by atoms with Crippen molar-refractivity contribution in [2.24, 2.45) is 5.41 Å². The Morgan fingerprint density at radius 3 is 2.10 bits per heavy atom. The molecule has 0 spiro atoms. The molecule has 1 heteroatoms. The van der Waals surface area contributed by atoms with Gasteiger partial charge in [-0.15, -0.1) is 0 Å². The Hall–Kier alpha value is -0.0400. The van der Waals surface area contributed by atoms with Crippen molar-refractivity contribution in [3.63, 3.8) is 0 Å². The van der Waals surface area contributed by atoms with Crippen LogP contribution in [0.1, 0.15) is 40.5 Å². The highest BCUT2D eigenvalue weighted by molar-refractivity contribution is 4.97. The van der Waals surface area contributed by atoms with Gasteiger partial charge in [0.25, 0.3) is 0 Å². The summed E-state index contributed by atoms with van der Waals surface area (Å²) in [6.07, 6.45) is 2.67. The van der Waals surface area contributed by atoms with Crippen molar-refractivity contribution in [1.82, 2.24) is 5.32 Å². The van der Waals surface area contributed by atoms with E-state index in [0.29, 0.717) is 11.0 Å². The van der Waals surface area contributed by atoms with E-state index < -0.39 is 0 Å². The van der Waals surface area contributed by atoms with Crippen LogP contribution in [-0.4, -0.2) is 12.1 Å². The highest BCUT2D eigenvalue weighted by atomic mass is 15.0. The van der Waals surface area contributed by atoms with Crippen LogP contribution in [0.2, 0.25) is 0 Å². The lowest BCUT2D eigenvalue weighted by Crippen LogP contribution is -2.47. The molecule has 0 aromatic heterocycles. The monoisotopic (exact) mass is 141 g/mol. The molecule has 0 unspecified atom stereocenters. The normalized spacial score (nSPS) is 34.8. The quantitative estimate of drug-likeness (QED) is 0.545. The maximum Gasteiger partial charge on any atom is 0.0202 e. The number of rotatable bonds is 0. The largest absolute Gasteiger partial charge is 0.311 e. The summed E-state index contributed by atoms with van der Waals surface area (Å²) in [7, 11) is 0. The average molecular weight is 141 g/mol. The molecular weight excluding hydrogens is 122 g/mol. The van der Waals surface area contributed by atoms with Gasteiger partial charge >= 0.3 is 0 Å². The minimum Gasteiger partial charge on any atom is -0.311 e. The molecule has 1 aliphatic heterocycles. The van der Waals surface area contributed by atoms with Crippen molar-refractivity contribution in [1.29, 1.82) is 0 Å². The highest BCUT2D eigenvalue weighted by Gasteiger charge is 2.38. The summed E-state index contributed by atoms with van der Waals surface area (Å²) in [5, 5.41) is 3.57. The third-order valence-electron chi connectivity index (χ3n) is 3.02.